The predicted octanol–water partition coefficient (Wildman–Crippen LogP) is 2.68. The Kier molecular flexibility index (Phi) is 12.9. The number of carbonyl (C=O) groups excluding carboxylic acids is 1. The lowest BCUT2D eigenvalue weighted by Gasteiger charge is -2.16. The number of ether oxygens (including phenoxy) is 3. The third kappa shape index (κ3) is 11.2. The van der Waals surface area contributed by atoms with Crippen LogP contribution >= 0.6 is 0 Å². The molecule has 0 unspecified atom stereocenters. The first-order chi connectivity index (χ1) is 9.61. The SMILES string of the molecule is C=C(C)C(=O)OCCCCC[SiH2]CC(OCC)OCC. The van der Waals surface area contributed by atoms with Gasteiger partial charge in [0.2, 0.25) is 0 Å². The van der Waals surface area contributed by atoms with Crippen LogP contribution in [0, 0.1) is 0 Å². The maximum Gasteiger partial charge on any atom is 0.333 e. The van der Waals surface area contributed by atoms with Gasteiger partial charge in [-0.25, -0.2) is 4.79 Å². The molecule has 20 heavy (non-hydrogen) atoms. The average Bonchev–Trinajstić information content (AvgIpc) is 2.41. The molecule has 0 N–H and O–H groups in total. The fraction of sp³-hybridized carbons (Fsp3) is 0.800. The maximum absolute atomic E-state index is 11.1. The normalized spacial score (nSPS) is 11.4. The van der Waals surface area contributed by atoms with Crippen LogP contribution in [0.25, 0.3) is 0 Å². The lowest BCUT2D eigenvalue weighted by atomic mass is 10.3. The van der Waals surface area contributed by atoms with E-state index in [-0.39, 0.29) is 21.8 Å². The Balaban J connectivity index is 3.39. The van der Waals surface area contributed by atoms with Gasteiger partial charge in [0, 0.05) is 28.3 Å². The standard InChI is InChI=1S/C15H30O4Si/c1-5-17-14(18-6-2)12-20-11-9-7-8-10-19-15(16)13(3)4/h14H,3,5-12,20H2,1-2,4H3. The first kappa shape index (κ1) is 19.3. The van der Waals surface area contributed by atoms with Gasteiger partial charge in [0.05, 0.1) is 6.61 Å². The van der Waals surface area contributed by atoms with Gasteiger partial charge in [-0.05, 0) is 33.2 Å². The van der Waals surface area contributed by atoms with E-state index in [0.29, 0.717) is 25.4 Å². The van der Waals surface area contributed by atoms with Gasteiger partial charge in [-0.2, -0.15) is 0 Å². The van der Waals surface area contributed by atoms with Gasteiger partial charge in [0.25, 0.3) is 0 Å². The van der Waals surface area contributed by atoms with Crippen molar-refractivity contribution in [1.29, 1.82) is 0 Å². The van der Waals surface area contributed by atoms with Crippen LogP contribution in [0.1, 0.15) is 40.0 Å². The van der Waals surface area contributed by atoms with Crippen LogP contribution in [0.2, 0.25) is 12.1 Å². The Labute approximate surface area is 125 Å². The Bertz CT molecular complexity index is 263. The Hall–Kier alpha value is -0.653. The van der Waals surface area contributed by atoms with Crippen molar-refractivity contribution in [2.24, 2.45) is 0 Å². The van der Waals surface area contributed by atoms with Crippen molar-refractivity contribution in [3.8, 4) is 0 Å². The Morgan fingerprint density at radius 2 is 1.80 bits per heavy atom. The van der Waals surface area contributed by atoms with Gasteiger partial charge < -0.3 is 14.2 Å². The Morgan fingerprint density at radius 1 is 1.15 bits per heavy atom. The second-order valence-electron chi connectivity index (χ2n) is 4.81. The molecule has 0 atom stereocenters. The molecule has 0 aliphatic rings. The summed E-state index contributed by atoms with van der Waals surface area (Å²) in [6, 6.07) is 2.39. The van der Waals surface area contributed by atoms with Crippen LogP contribution in [0.4, 0.5) is 0 Å². The molecule has 0 heterocycles. The Morgan fingerprint density at radius 3 is 2.35 bits per heavy atom. The molecule has 0 aliphatic carbocycles. The molecule has 0 aromatic carbocycles. The van der Waals surface area contributed by atoms with Crippen LogP contribution in [-0.2, 0) is 19.0 Å². The van der Waals surface area contributed by atoms with Crippen molar-refractivity contribution in [2.75, 3.05) is 19.8 Å². The van der Waals surface area contributed by atoms with Crippen LogP contribution < -0.4 is 0 Å². The zero-order chi connectivity index (χ0) is 15.2. The van der Waals surface area contributed by atoms with E-state index in [9.17, 15) is 4.79 Å². The van der Waals surface area contributed by atoms with Crippen molar-refractivity contribution in [3.05, 3.63) is 12.2 Å². The van der Waals surface area contributed by atoms with Crippen molar-refractivity contribution >= 4 is 15.5 Å². The molecule has 0 rings (SSSR count). The minimum Gasteiger partial charge on any atom is -0.462 e. The third-order valence-electron chi connectivity index (χ3n) is 2.87. The second-order valence-corrected chi connectivity index (χ2v) is 6.80. The summed E-state index contributed by atoms with van der Waals surface area (Å²) in [6.45, 7) is 11.2. The molecule has 4 nitrogen and oxygen atoms in total. The van der Waals surface area contributed by atoms with E-state index in [4.69, 9.17) is 14.2 Å². The summed E-state index contributed by atoms with van der Waals surface area (Å²) in [4.78, 5) is 11.1. The fourth-order valence-electron chi connectivity index (χ4n) is 1.82. The number of esters is 1. The first-order valence-corrected chi connectivity index (χ1v) is 9.67. The number of rotatable bonds is 13. The van der Waals surface area contributed by atoms with Crippen LogP contribution in [0.5, 0.6) is 0 Å². The molecule has 0 aliphatic heterocycles. The highest BCUT2D eigenvalue weighted by molar-refractivity contribution is 6.35. The van der Waals surface area contributed by atoms with E-state index < -0.39 is 0 Å². The van der Waals surface area contributed by atoms with Crippen molar-refractivity contribution < 1.29 is 19.0 Å². The third-order valence-corrected chi connectivity index (χ3v) is 4.75. The van der Waals surface area contributed by atoms with Gasteiger partial charge in [0.1, 0.15) is 0 Å². The smallest absolute Gasteiger partial charge is 0.333 e. The van der Waals surface area contributed by atoms with Gasteiger partial charge in [-0.15, -0.1) is 0 Å². The van der Waals surface area contributed by atoms with Crippen LogP contribution in [-0.4, -0.2) is 41.6 Å². The summed E-state index contributed by atoms with van der Waals surface area (Å²) in [5, 5.41) is 0. The minimum absolute atomic E-state index is 0.00758. The van der Waals surface area contributed by atoms with Gasteiger partial charge >= 0.3 is 5.97 Å². The lowest BCUT2D eigenvalue weighted by molar-refractivity contribution is -0.139. The summed E-state index contributed by atoms with van der Waals surface area (Å²) >= 11 is 0. The summed E-state index contributed by atoms with van der Waals surface area (Å²) in [7, 11) is -0.111. The van der Waals surface area contributed by atoms with E-state index in [2.05, 4.69) is 6.58 Å². The molecule has 0 aromatic heterocycles. The highest BCUT2D eigenvalue weighted by Crippen LogP contribution is 2.07. The second kappa shape index (κ2) is 13.3. The van der Waals surface area contributed by atoms with E-state index in [1.165, 1.54) is 12.5 Å². The fourth-order valence-corrected chi connectivity index (χ4v) is 3.48. The predicted molar refractivity (Wildman–Crippen MR) is 84.8 cm³/mol. The average molecular weight is 302 g/mol. The molecule has 0 amide bonds. The maximum atomic E-state index is 11.1. The molecule has 0 radical (unpaired) electrons. The summed E-state index contributed by atoms with van der Waals surface area (Å²) < 4.78 is 16.1. The monoisotopic (exact) mass is 302 g/mol. The van der Waals surface area contributed by atoms with E-state index in [1.54, 1.807) is 6.92 Å². The molecule has 0 fully saturated rings. The van der Waals surface area contributed by atoms with Gasteiger partial charge in [0.15, 0.2) is 6.29 Å². The molecule has 5 heteroatoms. The summed E-state index contributed by atoms with van der Waals surface area (Å²) in [5.74, 6) is -0.282. The first-order valence-electron chi connectivity index (χ1n) is 7.67. The largest absolute Gasteiger partial charge is 0.462 e. The van der Waals surface area contributed by atoms with E-state index in [0.717, 1.165) is 18.9 Å². The van der Waals surface area contributed by atoms with Crippen molar-refractivity contribution in [1.82, 2.24) is 0 Å². The summed E-state index contributed by atoms with van der Waals surface area (Å²) in [6.07, 6.45) is 3.27. The number of carbonyl (C=O) groups is 1. The van der Waals surface area contributed by atoms with Crippen LogP contribution in [0.3, 0.4) is 0 Å². The number of hydrogen-bond donors (Lipinski definition) is 0. The van der Waals surface area contributed by atoms with Gasteiger partial charge in [-0.1, -0.05) is 25.5 Å². The topological polar surface area (TPSA) is 44.8 Å². The van der Waals surface area contributed by atoms with E-state index >= 15 is 0 Å². The zero-order valence-electron chi connectivity index (χ0n) is 13.3. The molecule has 0 saturated carbocycles. The highest BCUT2D eigenvalue weighted by Gasteiger charge is 2.07. The molecule has 0 aromatic rings. The minimum atomic E-state index is -0.282. The molecular weight excluding hydrogens is 272 g/mol. The van der Waals surface area contributed by atoms with Crippen molar-refractivity contribution in [3.63, 3.8) is 0 Å². The number of unbranched alkanes of at least 4 members (excludes halogenated alkanes) is 2. The lowest BCUT2D eigenvalue weighted by Crippen LogP contribution is -2.18. The van der Waals surface area contributed by atoms with Gasteiger partial charge in [-0.3, -0.25) is 0 Å². The van der Waals surface area contributed by atoms with Crippen molar-refractivity contribution in [2.45, 2.75) is 58.4 Å². The molecule has 118 valence electrons. The zero-order valence-corrected chi connectivity index (χ0v) is 14.7. The highest BCUT2D eigenvalue weighted by atomic mass is 28.2. The quantitative estimate of drug-likeness (QED) is 0.172. The van der Waals surface area contributed by atoms with Crippen LogP contribution in [0.15, 0.2) is 12.2 Å². The molecule has 0 bridgehead atoms. The molecule has 0 spiro atoms. The number of hydrogen-bond acceptors (Lipinski definition) is 4. The molecule has 0 saturated heterocycles. The van der Waals surface area contributed by atoms with E-state index in [1.807, 2.05) is 13.8 Å². The summed E-state index contributed by atoms with van der Waals surface area (Å²) in [5.41, 5.74) is 0.468. The molecular formula is C15H30O4Si.